The van der Waals surface area contributed by atoms with Gasteiger partial charge in [0.1, 0.15) is 0 Å². The van der Waals surface area contributed by atoms with Gasteiger partial charge in [0, 0.05) is 8.07 Å². The minimum atomic E-state index is -0.870. The van der Waals surface area contributed by atoms with Crippen molar-refractivity contribution in [3.63, 3.8) is 0 Å². The van der Waals surface area contributed by atoms with Crippen molar-refractivity contribution in [1.29, 1.82) is 0 Å². The molecule has 0 aliphatic heterocycles. The minimum Gasteiger partial charge on any atom is -0.330 e. The van der Waals surface area contributed by atoms with Crippen LogP contribution in [-0.2, 0) is 0 Å². The lowest BCUT2D eigenvalue weighted by molar-refractivity contribution is 0.526. The topological polar surface area (TPSA) is 26.0 Å². The Morgan fingerprint density at radius 3 is 1.07 bits per heavy atom. The van der Waals surface area contributed by atoms with E-state index in [1.54, 1.807) is 0 Å². The predicted molar refractivity (Wildman–Crippen MR) is 144 cm³/mol. The molecule has 2 N–H and O–H groups in total. The second-order valence-electron chi connectivity index (χ2n) is 10.1. The molecule has 0 aromatic rings. The van der Waals surface area contributed by atoms with Gasteiger partial charge in [-0.1, -0.05) is 150 Å². The van der Waals surface area contributed by atoms with E-state index in [0.717, 1.165) is 18.5 Å². The van der Waals surface area contributed by atoms with E-state index in [1.165, 1.54) is 109 Å². The number of unbranched alkanes of at least 4 members (excludes halogenated alkanes) is 15. The Labute approximate surface area is 194 Å². The summed E-state index contributed by atoms with van der Waals surface area (Å²) >= 11 is 0. The van der Waals surface area contributed by atoms with Crippen LogP contribution in [0.3, 0.4) is 0 Å². The fraction of sp³-hybridized carbons (Fsp3) is 1.00. The number of hydrogen-bond donors (Lipinski definition) is 1. The monoisotopic (exact) mass is 449 g/mol. The first-order valence-electron chi connectivity index (χ1n) is 13.1. The summed E-state index contributed by atoms with van der Waals surface area (Å²) in [5, 5.41) is 0. The van der Waals surface area contributed by atoms with Gasteiger partial charge in [0.15, 0.2) is 0 Å². The first-order valence-corrected chi connectivity index (χ1v) is 16.7. The average molecular weight is 450 g/mol. The summed E-state index contributed by atoms with van der Waals surface area (Å²) < 4.78 is 0. The zero-order valence-electron chi connectivity index (χ0n) is 21.5. The maximum absolute atomic E-state index is 5.03. The summed E-state index contributed by atoms with van der Waals surface area (Å²) in [6.07, 6.45) is 26.2. The lowest BCUT2D eigenvalue weighted by Crippen LogP contribution is -2.25. The Balaban J connectivity index is -0.00000123. The molecule has 0 bridgehead atoms. The van der Waals surface area contributed by atoms with E-state index >= 15 is 0 Å². The number of hydrogen-bond acceptors (Lipinski definition) is 1. The number of nitrogens with two attached hydrogens (primary N) is 1. The van der Waals surface area contributed by atoms with Gasteiger partial charge in [-0.3, -0.25) is 0 Å². The van der Waals surface area contributed by atoms with Crippen LogP contribution in [0.2, 0.25) is 25.2 Å². The second kappa shape index (κ2) is 26.5. The summed E-state index contributed by atoms with van der Waals surface area (Å²) in [7, 11) is -0.870. The highest BCUT2D eigenvalue weighted by molar-refractivity contribution is 6.77. The molecule has 0 amide bonds. The predicted octanol–water partition coefficient (Wildman–Crippen LogP) is 10.1. The van der Waals surface area contributed by atoms with Gasteiger partial charge in [-0.25, -0.2) is 0 Å². The number of rotatable bonds is 19. The van der Waals surface area contributed by atoms with Crippen molar-refractivity contribution in [2.75, 3.05) is 6.54 Å². The van der Waals surface area contributed by atoms with Crippen molar-refractivity contribution in [3.8, 4) is 0 Å². The van der Waals surface area contributed by atoms with Gasteiger partial charge in [0.25, 0.3) is 0 Å². The van der Waals surface area contributed by atoms with E-state index in [-0.39, 0.29) is 12.4 Å². The van der Waals surface area contributed by atoms with E-state index in [0.29, 0.717) is 0 Å². The molecular formula is C26H60ClNSi. The molecule has 3 heteroatoms. The molecule has 0 radical (unpaired) electrons. The summed E-state index contributed by atoms with van der Waals surface area (Å²) in [5.41, 5.74) is 6.03. The van der Waals surface area contributed by atoms with Crippen LogP contribution in [0.15, 0.2) is 0 Å². The molecule has 0 aliphatic carbocycles. The largest absolute Gasteiger partial charge is 0.330 e. The smallest absolute Gasteiger partial charge is 0.0471 e. The Kier molecular flexibility index (Phi) is 31.2. The van der Waals surface area contributed by atoms with E-state index in [1.807, 2.05) is 0 Å². The zero-order valence-corrected chi connectivity index (χ0v) is 23.3. The Morgan fingerprint density at radius 2 is 0.828 bits per heavy atom. The Morgan fingerprint density at radius 1 is 0.552 bits per heavy atom. The van der Waals surface area contributed by atoms with Crippen LogP contribution in [-0.4, -0.2) is 14.6 Å². The normalized spacial score (nSPS) is 12.1. The van der Waals surface area contributed by atoms with Gasteiger partial charge in [0.2, 0.25) is 0 Å². The van der Waals surface area contributed by atoms with Crippen LogP contribution in [0, 0.1) is 0 Å². The second-order valence-corrected chi connectivity index (χ2v) is 15.9. The first-order chi connectivity index (χ1) is 13.4. The van der Waals surface area contributed by atoms with Gasteiger partial charge < -0.3 is 5.73 Å². The molecule has 0 saturated carbocycles. The maximum Gasteiger partial charge on any atom is 0.0471 e. The molecule has 0 heterocycles. The van der Waals surface area contributed by atoms with Crippen molar-refractivity contribution in [3.05, 3.63) is 0 Å². The van der Waals surface area contributed by atoms with Crippen molar-refractivity contribution in [1.82, 2.24) is 0 Å². The van der Waals surface area contributed by atoms with Crippen LogP contribution in [0.5, 0.6) is 0 Å². The Bertz CT molecular complexity index is 276. The lowest BCUT2D eigenvalue weighted by Gasteiger charge is -2.24. The molecule has 0 aliphatic rings. The molecule has 180 valence electrons. The van der Waals surface area contributed by atoms with Gasteiger partial charge in [-0.15, -0.1) is 12.4 Å². The summed E-state index contributed by atoms with van der Waals surface area (Å²) in [4.78, 5) is 0. The maximum atomic E-state index is 5.03. The van der Waals surface area contributed by atoms with Crippen LogP contribution >= 0.6 is 12.4 Å². The van der Waals surface area contributed by atoms with Crippen molar-refractivity contribution < 1.29 is 0 Å². The molecule has 1 unspecified atom stereocenters. The van der Waals surface area contributed by atoms with E-state index in [9.17, 15) is 0 Å². The number of halogens is 1. The lowest BCUT2D eigenvalue weighted by atomic mass is 10.0. The van der Waals surface area contributed by atoms with Crippen molar-refractivity contribution in [2.24, 2.45) is 5.73 Å². The molecular weight excluding hydrogens is 390 g/mol. The van der Waals surface area contributed by atoms with Crippen molar-refractivity contribution >= 4 is 20.5 Å². The van der Waals surface area contributed by atoms with Crippen LogP contribution in [0.25, 0.3) is 0 Å². The van der Waals surface area contributed by atoms with Gasteiger partial charge in [-0.05, 0) is 18.5 Å². The highest BCUT2D eigenvalue weighted by Crippen LogP contribution is 2.27. The third-order valence-electron chi connectivity index (χ3n) is 6.26. The van der Waals surface area contributed by atoms with Crippen molar-refractivity contribution in [2.45, 2.75) is 162 Å². The standard InChI is InChI=1S/C23H50Si.C3H9N.ClH/c1-6-7-8-9-10-11-12-13-14-15-16-17-18-19-20-21-22-23(2)24(3,4)5;1-2-3-4;/h23H,6-22H2,1-5H3;2-4H2,1H3;1H. The molecule has 0 fully saturated rings. The Hall–Kier alpha value is 0.467. The molecule has 1 nitrogen and oxygen atoms in total. The van der Waals surface area contributed by atoms with Gasteiger partial charge in [0.05, 0.1) is 0 Å². The fourth-order valence-electron chi connectivity index (χ4n) is 3.43. The molecule has 0 spiro atoms. The van der Waals surface area contributed by atoms with E-state index in [2.05, 4.69) is 40.4 Å². The molecule has 0 saturated heterocycles. The SMILES string of the molecule is CCCCCCCCCCCCCCCCCCC(C)[Si](C)(C)C.CCCN.Cl. The quantitative estimate of drug-likeness (QED) is 0.154. The highest BCUT2D eigenvalue weighted by atomic mass is 35.5. The summed E-state index contributed by atoms with van der Waals surface area (Å²) in [6, 6.07) is 0. The zero-order chi connectivity index (χ0) is 21.5. The molecule has 0 rings (SSSR count). The van der Waals surface area contributed by atoms with Crippen LogP contribution < -0.4 is 5.73 Å². The summed E-state index contributed by atoms with van der Waals surface area (Å²) in [5.74, 6) is 0. The molecule has 0 aromatic carbocycles. The average Bonchev–Trinajstić information content (AvgIpc) is 2.67. The first kappa shape index (κ1) is 34.1. The van der Waals surface area contributed by atoms with Crippen LogP contribution in [0.1, 0.15) is 136 Å². The van der Waals surface area contributed by atoms with E-state index < -0.39 is 8.07 Å². The van der Waals surface area contributed by atoms with E-state index in [4.69, 9.17) is 5.73 Å². The van der Waals surface area contributed by atoms with Crippen LogP contribution in [0.4, 0.5) is 0 Å². The molecule has 1 atom stereocenters. The van der Waals surface area contributed by atoms with Gasteiger partial charge >= 0.3 is 0 Å². The molecule has 0 aromatic heterocycles. The minimum absolute atomic E-state index is 0. The van der Waals surface area contributed by atoms with Gasteiger partial charge in [-0.2, -0.15) is 0 Å². The fourth-order valence-corrected chi connectivity index (χ4v) is 4.50. The third kappa shape index (κ3) is 30.7. The molecule has 29 heavy (non-hydrogen) atoms. The third-order valence-corrected chi connectivity index (χ3v) is 9.50. The summed E-state index contributed by atoms with van der Waals surface area (Å²) in [6.45, 7) is 15.2. The highest BCUT2D eigenvalue weighted by Gasteiger charge is 2.21.